The van der Waals surface area contributed by atoms with Crippen LogP contribution >= 0.6 is 0 Å². The van der Waals surface area contributed by atoms with E-state index in [9.17, 15) is 0 Å². The van der Waals surface area contributed by atoms with Crippen LogP contribution in [0, 0.1) is 12.8 Å². The van der Waals surface area contributed by atoms with Gasteiger partial charge in [0.2, 0.25) is 5.95 Å². The number of aryl methyl sites for hydroxylation is 1. The number of ether oxygens (including phenoxy) is 2. The van der Waals surface area contributed by atoms with Crippen LogP contribution in [0.2, 0.25) is 0 Å². The van der Waals surface area contributed by atoms with Crippen LogP contribution in [0.5, 0.6) is 0 Å². The van der Waals surface area contributed by atoms with Crippen molar-refractivity contribution >= 4 is 5.95 Å². The Balaban J connectivity index is 2.43. The fourth-order valence-corrected chi connectivity index (χ4v) is 2.02. The van der Waals surface area contributed by atoms with Gasteiger partial charge in [-0.05, 0) is 26.2 Å². The van der Waals surface area contributed by atoms with E-state index in [4.69, 9.17) is 9.47 Å². The SMILES string of the molecule is CCOCCCNc1nc(C)cn1CC(C)COC. The van der Waals surface area contributed by atoms with Gasteiger partial charge in [0.05, 0.1) is 12.3 Å². The Morgan fingerprint density at radius 2 is 2.26 bits per heavy atom. The van der Waals surface area contributed by atoms with Crippen molar-refractivity contribution in [3.8, 4) is 0 Å². The minimum Gasteiger partial charge on any atom is -0.384 e. The molecule has 0 aliphatic carbocycles. The molecule has 1 heterocycles. The zero-order chi connectivity index (χ0) is 14.1. The van der Waals surface area contributed by atoms with Crippen LogP contribution < -0.4 is 5.32 Å². The largest absolute Gasteiger partial charge is 0.384 e. The van der Waals surface area contributed by atoms with Crippen molar-refractivity contribution in [2.75, 3.05) is 38.8 Å². The van der Waals surface area contributed by atoms with E-state index >= 15 is 0 Å². The summed E-state index contributed by atoms with van der Waals surface area (Å²) in [5, 5.41) is 3.37. The van der Waals surface area contributed by atoms with E-state index in [1.165, 1.54) is 0 Å². The third-order valence-corrected chi connectivity index (χ3v) is 2.81. The number of hydrogen-bond acceptors (Lipinski definition) is 4. The zero-order valence-electron chi connectivity index (χ0n) is 12.6. The molecule has 5 nitrogen and oxygen atoms in total. The van der Waals surface area contributed by atoms with Gasteiger partial charge in [-0.3, -0.25) is 0 Å². The lowest BCUT2D eigenvalue weighted by molar-refractivity contribution is 0.147. The van der Waals surface area contributed by atoms with Gasteiger partial charge in [0, 0.05) is 39.6 Å². The molecular weight excluding hydrogens is 242 g/mol. The maximum absolute atomic E-state index is 5.32. The molecular formula is C14H27N3O2. The van der Waals surface area contributed by atoms with Gasteiger partial charge >= 0.3 is 0 Å². The average molecular weight is 269 g/mol. The summed E-state index contributed by atoms with van der Waals surface area (Å²) >= 11 is 0. The molecule has 0 spiro atoms. The van der Waals surface area contributed by atoms with Crippen molar-refractivity contribution < 1.29 is 9.47 Å². The standard InChI is InChI=1S/C14H27N3O2/c1-5-19-8-6-7-15-14-16-13(3)10-17(14)9-12(2)11-18-4/h10,12H,5-9,11H2,1-4H3,(H,15,16). The number of rotatable bonds is 10. The summed E-state index contributed by atoms with van der Waals surface area (Å²) in [5.41, 5.74) is 1.04. The summed E-state index contributed by atoms with van der Waals surface area (Å²) in [7, 11) is 1.74. The molecule has 1 aromatic rings. The molecule has 0 aliphatic heterocycles. The van der Waals surface area contributed by atoms with E-state index in [0.29, 0.717) is 5.92 Å². The van der Waals surface area contributed by atoms with E-state index in [-0.39, 0.29) is 0 Å². The molecule has 1 rings (SSSR count). The molecule has 0 fully saturated rings. The molecule has 0 aromatic carbocycles. The molecule has 1 aromatic heterocycles. The number of anilines is 1. The van der Waals surface area contributed by atoms with Crippen LogP contribution in [0.3, 0.4) is 0 Å². The minimum absolute atomic E-state index is 0.475. The number of methoxy groups -OCH3 is 1. The molecule has 1 atom stereocenters. The summed E-state index contributed by atoms with van der Waals surface area (Å²) in [6, 6.07) is 0. The summed E-state index contributed by atoms with van der Waals surface area (Å²) in [4.78, 5) is 4.51. The first-order valence-electron chi connectivity index (χ1n) is 7.01. The topological polar surface area (TPSA) is 48.3 Å². The van der Waals surface area contributed by atoms with E-state index in [2.05, 4.69) is 28.0 Å². The lowest BCUT2D eigenvalue weighted by Crippen LogP contribution is -2.16. The highest BCUT2D eigenvalue weighted by Gasteiger charge is 2.09. The minimum atomic E-state index is 0.475. The second-order valence-corrected chi connectivity index (χ2v) is 4.90. The average Bonchev–Trinajstić information content (AvgIpc) is 2.69. The van der Waals surface area contributed by atoms with Crippen molar-refractivity contribution in [2.24, 2.45) is 5.92 Å². The van der Waals surface area contributed by atoms with E-state index in [1.54, 1.807) is 7.11 Å². The quantitative estimate of drug-likeness (QED) is 0.662. The zero-order valence-corrected chi connectivity index (χ0v) is 12.6. The molecule has 5 heteroatoms. The Kier molecular flexibility index (Phi) is 7.52. The molecule has 110 valence electrons. The second-order valence-electron chi connectivity index (χ2n) is 4.90. The molecule has 0 saturated heterocycles. The molecule has 1 N–H and O–H groups in total. The van der Waals surface area contributed by atoms with E-state index in [0.717, 1.165) is 51.0 Å². The predicted molar refractivity (Wildman–Crippen MR) is 77.6 cm³/mol. The van der Waals surface area contributed by atoms with Gasteiger partial charge in [-0.15, -0.1) is 0 Å². The Morgan fingerprint density at radius 1 is 1.47 bits per heavy atom. The first kappa shape index (κ1) is 16.0. The second kappa shape index (κ2) is 8.93. The van der Waals surface area contributed by atoms with E-state index < -0.39 is 0 Å². The van der Waals surface area contributed by atoms with Gasteiger partial charge in [-0.25, -0.2) is 4.98 Å². The van der Waals surface area contributed by atoms with Crippen LogP contribution in [0.15, 0.2) is 6.20 Å². The monoisotopic (exact) mass is 269 g/mol. The smallest absolute Gasteiger partial charge is 0.203 e. The first-order valence-corrected chi connectivity index (χ1v) is 7.01. The van der Waals surface area contributed by atoms with Crippen molar-refractivity contribution in [2.45, 2.75) is 33.7 Å². The number of nitrogens with zero attached hydrogens (tertiary/aromatic N) is 2. The summed E-state index contributed by atoms with van der Waals surface area (Å²) in [6.45, 7) is 10.4. The third-order valence-electron chi connectivity index (χ3n) is 2.81. The van der Waals surface area contributed by atoms with Gasteiger partial charge < -0.3 is 19.4 Å². The van der Waals surface area contributed by atoms with Crippen LogP contribution in [0.25, 0.3) is 0 Å². The fourth-order valence-electron chi connectivity index (χ4n) is 2.02. The van der Waals surface area contributed by atoms with Crippen molar-refractivity contribution in [1.82, 2.24) is 9.55 Å². The van der Waals surface area contributed by atoms with Gasteiger partial charge in [0.25, 0.3) is 0 Å². The first-order chi connectivity index (χ1) is 9.17. The van der Waals surface area contributed by atoms with Crippen LogP contribution in [0.1, 0.15) is 26.0 Å². The lowest BCUT2D eigenvalue weighted by atomic mass is 10.2. The Bertz CT molecular complexity index is 352. The number of imidazole rings is 1. The fraction of sp³-hybridized carbons (Fsp3) is 0.786. The summed E-state index contributed by atoms with van der Waals surface area (Å²) < 4.78 is 12.7. The molecule has 0 saturated carbocycles. The van der Waals surface area contributed by atoms with Crippen molar-refractivity contribution in [3.63, 3.8) is 0 Å². The van der Waals surface area contributed by atoms with Gasteiger partial charge in [0.15, 0.2) is 0 Å². The summed E-state index contributed by atoms with van der Waals surface area (Å²) in [6.07, 6.45) is 3.07. The lowest BCUT2D eigenvalue weighted by Gasteiger charge is -2.14. The number of aromatic nitrogens is 2. The van der Waals surface area contributed by atoms with Gasteiger partial charge in [-0.1, -0.05) is 6.92 Å². The number of hydrogen-bond donors (Lipinski definition) is 1. The molecule has 0 radical (unpaired) electrons. The maximum Gasteiger partial charge on any atom is 0.203 e. The Labute approximate surface area is 116 Å². The van der Waals surface area contributed by atoms with Crippen LogP contribution in [-0.4, -0.2) is 43.0 Å². The van der Waals surface area contributed by atoms with Crippen LogP contribution in [0.4, 0.5) is 5.95 Å². The Hall–Kier alpha value is -1.07. The van der Waals surface area contributed by atoms with Crippen molar-refractivity contribution in [3.05, 3.63) is 11.9 Å². The third kappa shape index (κ3) is 6.07. The van der Waals surface area contributed by atoms with E-state index in [1.807, 2.05) is 13.8 Å². The highest BCUT2D eigenvalue weighted by molar-refractivity contribution is 5.28. The predicted octanol–water partition coefficient (Wildman–Crippen LogP) is 2.31. The number of nitrogens with one attached hydrogen (secondary N) is 1. The highest BCUT2D eigenvalue weighted by atomic mass is 16.5. The van der Waals surface area contributed by atoms with Crippen molar-refractivity contribution in [1.29, 1.82) is 0 Å². The molecule has 0 amide bonds. The maximum atomic E-state index is 5.32. The van der Waals surface area contributed by atoms with Crippen LogP contribution in [-0.2, 0) is 16.0 Å². The normalized spacial score (nSPS) is 12.6. The molecule has 0 bridgehead atoms. The molecule has 0 aliphatic rings. The van der Waals surface area contributed by atoms with Gasteiger partial charge in [0.1, 0.15) is 0 Å². The molecule has 19 heavy (non-hydrogen) atoms. The highest BCUT2D eigenvalue weighted by Crippen LogP contribution is 2.12. The van der Waals surface area contributed by atoms with Gasteiger partial charge in [-0.2, -0.15) is 0 Å². The summed E-state index contributed by atoms with van der Waals surface area (Å²) in [5.74, 6) is 1.42. The molecule has 1 unspecified atom stereocenters. The Morgan fingerprint density at radius 3 is 2.95 bits per heavy atom.